The zero-order chi connectivity index (χ0) is 47.9. The predicted molar refractivity (Wildman–Crippen MR) is 174 cm³/mol. The number of amides is 1. The maximum atomic E-state index is 14.4. The molecule has 2 N–H and O–H groups in total. The minimum atomic E-state index is -5.30. The molecule has 0 radical (unpaired) electrons. The van der Waals surface area contributed by atoms with Gasteiger partial charge in [0.15, 0.2) is 19.2 Å². The fraction of sp³-hybridized carbons (Fsp3) is 0.515. The number of sulfonamides is 1. The summed E-state index contributed by atoms with van der Waals surface area (Å²) in [4.78, 5) is 17.0. The normalized spacial score (nSPS) is 28.4. The SMILES string of the molecule is [2H]c1sc(C([2H])[2H])nc1C([2H])([2H])Oc1c([2H])c([2H])c(C([2H])([2H])[C@]([2H])(N([2H])C(=O)O[C@H]2CO[C@H]3OCC[C@H]32)[C@]([2H])(O)C([2H])([2H])N(CC(C)C)S(=O)(=O)c2ccc3c(c2)OCO3)c([2H])c1[2H]. The highest BCUT2D eigenvalue weighted by Gasteiger charge is 2.44. The van der Waals surface area contributed by atoms with E-state index in [9.17, 15) is 26.5 Å². The Hall–Kier alpha value is -3.47. The minimum absolute atomic E-state index is 0.0960. The van der Waals surface area contributed by atoms with Gasteiger partial charge in [-0.15, -0.1) is 11.3 Å². The summed E-state index contributed by atoms with van der Waals surface area (Å²) in [6, 6.07) is -7.39. The largest absolute Gasteiger partial charge is 0.487 e. The fourth-order valence-electron chi connectivity index (χ4n) is 4.74. The molecule has 1 aromatic heterocycles. The summed E-state index contributed by atoms with van der Waals surface area (Å²) in [6.07, 6.45) is -13.0. The summed E-state index contributed by atoms with van der Waals surface area (Å²) >= 11 is 0.441. The van der Waals surface area contributed by atoms with Gasteiger partial charge in [0.1, 0.15) is 18.4 Å². The van der Waals surface area contributed by atoms with Crippen LogP contribution in [0.3, 0.4) is 0 Å². The lowest BCUT2D eigenvalue weighted by atomic mass is 10.0. The molecule has 5 atom stereocenters. The highest BCUT2D eigenvalue weighted by molar-refractivity contribution is 7.89. The van der Waals surface area contributed by atoms with E-state index in [1.807, 2.05) is 0 Å². The van der Waals surface area contributed by atoms with Crippen molar-refractivity contribution < 1.29 is 68.7 Å². The lowest BCUT2D eigenvalue weighted by molar-refractivity contribution is -0.0907. The van der Waals surface area contributed by atoms with Gasteiger partial charge < -0.3 is 38.8 Å². The van der Waals surface area contributed by atoms with Crippen LogP contribution < -0.4 is 19.5 Å². The molecule has 0 unspecified atom stereocenters. The molecule has 13 nitrogen and oxygen atoms in total. The summed E-state index contributed by atoms with van der Waals surface area (Å²) < 4.78 is 201. The number of nitrogens with one attached hydrogen (secondary N) is 1. The number of thiazole rings is 1. The van der Waals surface area contributed by atoms with E-state index in [0.29, 0.717) is 11.3 Å². The summed E-state index contributed by atoms with van der Waals surface area (Å²) in [7, 11) is -5.30. The van der Waals surface area contributed by atoms with Crippen LogP contribution in [0.25, 0.3) is 0 Å². The number of carbonyl (C=O) groups is 1. The third-order valence-electron chi connectivity index (χ3n) is 6.93. The second-order valence-corrected chi connectivity index (χ2v) is 13.5. The van der Waals surface area contributed by atoms with Crippen molar-refractivity contribution in [1.82, 2.24) is 14.6 Å². The molecule has 3 aromatic rings. The van der Waals surface area contributed by atoms with Crippen LogP contribution in [0.1, 0.15) is 57.1 Å². The standard InChI is InChI=1S/C33H41N3O10S2/c1-20(2)14-36(48(39,40)25-8-9-29-30(13-25)45-19-44-29)15-28(37)27(35-33(38)46-31-17-43-32-26(31)10-11-41-32)12-22-4-6-24(7-5-22)42-16-23-18-47-21(3)34-23/h4-9,13,18,20,26-28,31-32,37H,10-12,14-17,19H2,1-3H3,(H,35,38)/t26-,27-,28+,31-,32+/m0/s1/i3D2,4D,5D,6D,7D,12D2,15D2,16D2,18D,27D,28D/hD. The van der Waals surface area contributed by atoms with E-state index in [1.165, 1.54) is 19.9 Å². The van der Waals surface area contributed by atoms with Crippen molar-refractivity contribution in [1.29, 1.82) is 0 Å². The van der Waals surface area contributed by atoms with Gasteiger partial charge in [0.05, 0.1) is 59.2 Å². The Bertz CT molecular complexity index is 2380. The molecule has 3 aliphatic heterocycles. The Morgan fingerprint density at radius 2 is 2.10 bits per heavy atom. The quantitative estimate of drug-likeness (QED) is 0.250. The molecular weight excluding hydrogens is 663 g/mol. The van der Waals surface area contributed by atoms with Gasteiger partial charge >= 0.3 is 6.09 Å². The van der Waals surface area contributed by atoms with Crippen LogP contribution in [0.15, 0.2) is 52.6 Å². The van der Waals surface area contributed by atoms with Gasteiger partial charge in [-0.2, -0.15) is 4.31 Å². The van der Waals surface area contributed by atoms with Crippen LogP contribution in [-0.4, -0.2) is 86.4 Å². The maximum absolute atomic E-state index is 14.4. The number of nitrogens with zero attached hydrogens (tertiary/aromatic N) is 2. The zero-order valence-corrected chi connectivity index (χ0v) is 27.1. The molecule has 48 heavy (non-hydrogen) atoms. The van der Waals surface area contributed by atoms with Gasteiger partial charge in [-0.25, -0.2) is 18.2 Å². The Morgan fingerprint density at radius 1 is 1.29 bits per heavy atom. The molecule has 0 saturated carbocycles. The molecule has 2 aromatic carbocycles. The van der Waals surface area contributed by atoms with E-state index >= 15 is 0 Å². The Balaban J connectivity index is 1.52. The van der Waals surface area contributed by atoms with Crippen LogP contribution in [0, 0.1) is 18.7 Å². The number of aliphatic hydroxyl groups is 1. The lowest BCUT2D eigenvalue weighted by Gasteiger charge is -2.31. The molecule has 1 amide bonds. The highest BCUT2D eigenvalue weighted by atomic mass is 32.2. The Kier molecular flexibility index (Phi) is 6.13. The first-order valence-corrected chi connectivity index (χ1v) is 16.7. The van der Waals surface area contributed by atoms with Gasteiger partial charge in [-0.05, 0) is 55.4 Å². The Labute approximate surface area is 306 Å². The van der Waals surface area contributed by atoms with Gasteiger partial charge in [-0.3, -0.25) is 0 Å². The van der Waals surface area contributed by atoms with Gasteiger partial charge in [-0.1, -0.05) is 25.9 Å². The van der Waals surface area contributed by atoms with Gasteiger partial charge in [0.2, 0.25) is 16.8 Å². The summed E-state index contributed by atoms with van der Waals surface area (Å²) in [5, 5.41) is 10.5. The van der Waals surface area contributed by atoms with E-state index in [1.54, 1.807) is 0 Å². The van der Waals surface area contributed by atoms with Crippen LogP contribution >= 0.6 is 11.3 Å². The molecule has 2 fully saturated rings. The molecule has 3 aliphatic rings. The summed E-state index contributed by atoms with van der Waals surface area (Å²) in [5.74, 6) is -2.74. The third-order valence-corrected chi connectivity index (χ3v) is 9.19. The molecule has 260 valence electrons. The third kappa shape index (κ3) is 8.21. The Morgan fingerprint density at radius 3 is 2.88 bits per heavy atom. The molecular formula is C33H41N3O10S2. The number of aryl methyl sites for hydroxylation is 1. The van der Waals surface area contributed by atoms with Crippen molar-refractivity contribution in [2.75, 3.05) is 33.0 Å². The van der Waals surface area contributed by atoms with Crippen LogP contribution in [-0.2, 0) is 37.2 Å². The maximum Gasteiger partial charge on any atom is 0.407 e. The number of carbonyl (C=O) groups excluding carboxylic acids is 1. The van der Waals surface area contributed by atoms with Gasteiger partial charge in [0.25, 0.3) is 0 Å². The zero-order valence-electron chi connectivity index (χ0n) is 41.4. The number of hydrogen-bond donors (Lipinski definition) is 2. The number of aromatic nitrogens is 1. The molecule has 0 aliphatic carbocycles. The number of hydrogen-bond acceptors (Lipinski definition) is 12. The summed E-state index contributed by atoms with van der Waals surface area (Å²) in [5.41, 5.74) is -2.45. The first-order valence-electron chi connectivity index (χ1n) is 22.5. The molecule has 0 spiro atoms. The van der Waals surface area contributed by atoms with E-state index in [4.69, 9.17) is 42.2 Å². The molecule has 4 heterocycles. The van der Waals surface area contributed by atoms with E-state index < -0.39 is 142 Å². The topological polar surface area (TPSA) is 155 Å². The second-order valence-electron chi connectivity index (χ2n) is 10.8. The minimum Gasteiger partial charge on any atom is -0.487 e. The molecule has 6 rings (SSSR count). The lowest BCUT2D eigenvalue weighted by Crippen LogP contribution is -2.51. The second kappa shape index (κ2) is 15.0. The highest BCUT2D eigenvalue weighted by Crippen LogP contribution is 2.35. The van der Waals surface area contributed by atoms with Crippen LogP contribution in [0.4, 0.5) is 4.79 Å². The predicted octanol–water partition coefficient (Wildman–Crippen LogP) is 3.87. The van der Waals surface area contributed by atoms with Crippen molar-refractivity contribution in [3.05, 3.63) is 64.0 Å². The van der Waals surface area contributed by atoms with E-state index in [-0.39, 0.29) is 47.2 Å². The first-order chi connectivity index (χ1) is 29.4. The smallest absolute Gasteiger partial charge is 0.407 e. The van der Waals surface area contributed by atoms with E-state index in [2.05, 4.69) is 4.98 Å². The number of fused-ring (bicyclic) bond motifs is 2. The van der Waals surface area contributed by atoms with Crippen molar-refractivity contribution >= 4 is 27.5 Å². The van der Waals surface area contributed by atoms with Crippen molar-refractivity contribution in [3.63, 3.8) is 0 Å². The van der Waals surface area contributed by atoms with Crippen molar-refractivity contribution in [3.8, 4) is 17.2 Å². The van der Waals surface area contributed by atoms with Crippen molar-refractivity contribution in [2.24, 2.45) is 11.8 Å². The first kappa shape index (κ1) is 19.6. The number of ether oxygens (including phenoxy) is 6. The van der Waals surface area contributed by atoms with Crippen LogP contribution in [0.5, 0.6) is 17.2 Å². The van der Waals surface area contributed by atoms with Crippen LogP contribution in [0.2, 0.25) is 1.41 Å². The number of alkyl carbamates (subject to hydrolysis) is 1. The molecule has 0 bridgehead atoms. The van der Waals surface area contributed by atoms with Crippen molar-refractivity contribution in [2.45, 2.75) is 69.5 Å². The monoisotopic (exact) mass is 719 g/mol. The number of rotatable bonds is 14. The van der Waals surface area contributed by atoms with Gasteiger partial charge in [0, 0.05) is 32.7 Å². The molecule has 2 saturated heterocycles. The number of benzene rings is 2. The average Bonchev–Trinajstić information content (AvgIpc) is 4.03. The molecule has 15 heteroatoms. The fourth-order valence-corrected chi connectivity index (χ4v) is 6.62. The summed E-state index contributed by atoms with van der Waals surface area (Å²) in [6.45, 7) is -7.88. The average molecular weight is 720 g/mol. The van der Waals surface area contributed by atoms with E-state index in [0.717, 1.165) is 12.1 Å².